The molecule has 1 aliphatic heterocycles. The molecule has 0 aliphatic carbocycles. The molecule has 176 valence electrons. The molecule has 4 rings (SSSR count). The normalized spacial score (nSPS) is 14.1. The van der Waals surface area contributed by atoms with E-state index in [1.165, 1.54) is 6.21 Å². The van der Waals surface area contributed by atoms with E-state index in [9.17, 15) is 4.79 Å². The zero-order valence-corrected chi connectivity index (χ0v) is 19.2. The van der Waals surface area contributed by atoms with E-state index < -0.39 is 0 Å². The molecule has 1 aliphatic rings. The van der Waals surface area contributed by atoms with Crippen molar-refractivity contribution in [2.24, 2.45) is 0 Å². The molecule has 34 heavy (non-hydrogen) atoms. The van der Waals surface area contributed by atoms with E-state index in [1.807, 2.05) is 56.3 Å². The zero-order chi connectivity index (χ0) is 23.9. The molecule has 2 aromatic heterocycles. The lowest BCUT2D eigenvalue weighted by Crippen LogP contribution is -2.36. The maximum atomic E-state index is 12.7. The summed E-state index contributed by atoms with van der Waals surface area (Å²) < 4.78 is 11.1. The van der Waals surface area contributed by atoms with Crippen molar-refractivity contribution in [3.05, 3.63) is 77.2 Å². The van der Waals surface area contributed by atoms with Gasteiger partial charge in [0.2, 0.25) is 0 Å². The number of urea groups is 1. The van der Waals surface area contributed by atoms with E-state index >= 15 is 0 Å². The molecule has 3 heterocycles. The Bertz CT molecular complexity index is 1150. The van der Waals surface area contributed by atoms with Crippen LogP contribution in [0.25, 0.3) is 0 Å². The Morgan fingerprint density at radius 2 is 2.06 bits per heavy atom. The Balaban J connectivity index is 1.55. The van der Waals surface area contributed by atoms with Gasteiger partial charge in [0.1, 0.15) is 11.9 Å². The Hall–Kier alpha value is -3.82. The van der Waals surface area contributed by atoms with Crippen LogP contribution >= 0.6 is 0 Å². The number of pyridine rings is 2. The van der Waals surface area contributed by atoms with Gasteiger partial charge < -0.3 is 25.5 Å². The molecule has 4 N–H and O–H groups in total. The second-order valence-electron chi connectivity index (χ2n) is 8.07. The van der Waals surface area contributed by atoms with Gasteiger partial charge in [-0.3, -0.25) is 10.3 Å². The molecule has 1 aromatic carbocycles. The molecule has 1 fully saturated rings. The largest absolute Gasteiger partial charge is 0.376 e. The number of aryl methyl sites for hydroxylation is 1. The first-order valence-corrected chi connectivity index (χ1v) is 11.1. The van der Waals surface area contributed by atoms with Crippen LogP contribution in [0.4, 0.5) is 22.0 Å². The molecule has 0 saturated carbocycles. The van der Waals surface area contributed by atoms with Crippen molar-refractivity contribution in [3.8, 4) is 0 Å². The molecule has 0 unspecified atom stereocenters. The fraction of sp³-hybridized carbons (Fsp3) is 0.280. The summed E-state index contributed by atoms with van der Waals surface area (Å²) in [5.41, 5.74) is 4.47. The Morgan fingerprint density at radius 3 is 2.74 bits per heavy atom. The van der Waals surface area contributed by atoms with Crippen LogP contribution in [-0.2, 0) is 16.1 Å². The smallest absolute Gasteiger partial charge is 0.320 e. The number of hydrogen-bond acceptors (Lipinski definition) is 7. The molecule has 0 bridgehead atoms. The fourth-order valence-corrected chi connectivity index (χ4v) is 3.50. The van der Waals surface area contributed by atoms with Crippen LogP contribution in [0.5, 0.6) is 0 Å². The van der Waals surface area contributed by atoms with Crippen molar-refractivity contribution in [3.63, 3.8) is 0 Å². The number of amides is 2. The van der Waals surface area contributed by atoms with Gasteiger partial charge in [-0.1, -0.05) is 30.3 Å². The minimum atomic E-state index is -0.385. The summed E-state index contributed by atoms with van der Waals surface area (Å²) in [6, 6.07) is 14.5. The quantitative estimate of drug-likeness (QED) is 0.353. The molecule has 2 amide bonds. The molecule has 1 atom stereocenters. The zero-order valence-electron chi connectivity index (χ0n) is 19.2. The number of nitrogens with zero attached hydrogens (tertiary/aromatic N) is 2. The first-order valence-electron chi connectivity index (χ1n) is 11.1. The number of carbonyl (C=O) groups is 1. The summed E-state index contributed by atoms with van der Waals surface area (Å²) in [7, 11) is 0. The molecule has 0 spiro atoms. The Labute approximate surface area is 198 Å². The third-order valence-electron chi connectivity index (χ3n) is 5.40. The van der Waals surface area contributed by atoms with Crippen LogP contribution in [0.15, 0.2) is 54.7 Å². The van der Waals surface area contributed by atoms with Crippen LogP contribution in [-0.4, -0.2) is 41.5 Å². The highest BCUT2D eigenvalue weighted by atomic mass is 16.6. The van der Waals surface area contributed by atoms with E-state index in [1.54, 1.807) is 12.3 Å². The molecular formula is C25H28N6O3. The minimum Gasteiger partial charge on any atom is -0.376 e. The molecule has 3 aromatic rings. The Kier molecular flexibility index (Phi) is 7.46. The van der Waals surface area contributed by atoms with Crippen LogP contribution < -0.4 is 16.0 Å². The maximum absolute atomic E-state index is 12.7. The van der Waals surface area contributed by atoms with E-state index in [0.717, 1.165) is 16.9 Å². The van der Waals surface area contributed by atoms with E-state index in [-0.39, 0.29) is 24.8 Å². The number of benzene rings is 1. The van der Waals surface area contributed by atoms with E-state index in [0.29, 0.717) is 36.0 Å². The van der Waals surface area contributed by atoms with Gasteiger partial charge in [-0.05, 0) is 37.6 Å². The number of ether oxygens (including phenoxy) is 2. The van der Waals surface area contributed by atoms with Crippen molar-refractivity contribution in [1.82, 2.24) is 15.3 Å². The molecule has 1 saturated heterocycles. The second-order valence-corrected chi connectivity index (χ2v) is 8.07. The van der Waals surface area contributed by atoms with Gasteiger partial charge in [0.05, 0.1) is 37.2 Å². The topological polar surface area (TPSA) is 121 Å². The first kappa shape index (κ1) is 23.3. The summed E-state index contributed by atoms with van der Waals surface area (Å²) in [4.78, 5) is 21.5. The van der Waals surface area contributed by atoms with Gasteiger partial charge in [-0.2, -0.15) is 0 Å². The molecule has 9 nitrogen and oxygen atoms in total. The highest BCUT2D eigenvalue weighted by Crippen LogP contribution is 2.27. The lowest BCUT2D eigenvalue weighted by atomic mass is 10.1. The van der Waals surface area contributed by atoms with Gasteiger partial charge in [0.15, 0.2) is 0 Å². The van der Waals surface area contributed by atoms with Crippen LogP contribution in [0.1, 0.15) is 35.5 Å². The van der Waals surface area contributed by atoms with Crippen LogP contribution in [0.2, 0.25) is 0 Å². The standard InChI is InChI=1S/C25H28N6O3/c1-16-10-20(8-9-27-16)29-24-19(12-26)11-23(30-22(24)15-34-21-13-33-14-21)31-25(32)28-17(2)18-6-4-3-5-7-18/h3-12,17,21,26H,13-15H2,1-2H3,(H,27,29)(H2,28,30,31,32)/t17-/m1/s1. The lowest BCUT2D eigenvalue weighted by Gasteiger charge is -2.26. The van der Waals surface area contributed by atoms with Gasteiger partial charge in [-0.25, -0.2) is 9.78 Å². The van der Waals surface area contributed by atoms with Gasteiger partial charge in [0.25, 0.3) is 0 Å². The van der Waals surface area contributed by atoms with E-state index in [2.05, 4.69) is 25.9 Å². The summed E-state index contributed by atoms with van der Waals surface area (Å²) in [6.07, 6.45) is 2.95. The van der Waals surface area contributed by atoms with Crippen molar-refractivity contribution in [1.29, 1.82) is 5.41 Å². The third kappa shape index (κ3) is 5.94. The predicted octanol–water partition coefficient (Wildman–Crippen LogP) is 4.32. The monoisotopic (exact) mass is 460 g/mol. The van der Waals surface area contributed by atoms with Crippen LogP contribution in [0, 0.1) is 12.3 Å². The van der Waals surface area contributed by atoms with Gasteiger partial charge in [0, 0.05) is 29.4 Å². The van der Waals surface area contributed by atoms with Crippen LogP contribution in [0.3, 0.4) is 0 Å². The SMILES string of the molecule is Cc1cc(Nc2c(C=N)cc(NC(=O)N[C@H](C)c3ccccc3)nc2COC2COC2)ccn1. The summed E-state index contributed by atoms with van der Waals surface area (Å²) in [5.74, 6) is 0.330. The van der Waals surface area contributed by atoms with Gasteiger partial charge in [-0.15, -0.1) is 0 Å². The molecule has 9 heteroatoms. The predicted molar refractivity (Wildman–Crippen MR) is 131 cm³/mol. The van der Waals surface area contributed by atoms with E-state index in [4.69, 9.17) is 14.9 Å². The highest BCUT2D eigenvalue weighted by molar-refractivity contribution is 5.93. The summed E-state index contributed by atoms with van der Waals surface area (Å²) >= 11 is 0. The Morgan fingerprint density at radius 1 is 1.26 bits per heavy atom. The number of rotatable bonds is 9. The highest BCUT2D eigenvalue weighted by Gasteiger charge is 2.21. The third-order valence-corrected chi connectivity index (χ3v) is 5.40. The molecular weight excluding hydrogens is 432 g/mol. The first-order chi connectivity index (χ1) is 16.5. The fourth-order valence-electron chi connectivity index (χ4n) is 3.50. The average molecular weight is 461 g/mol. The summed E-state index contributed by atoms with van der Waals surface area (Å²) in [5, 5.41) is 17.0. The van der Waals surface area contributed by atoms with Crippen molar-refractivity contribution in [2.75, 3.05) is 23.8 Å². The van der Waals surface area contributed by atoms with Crippen molar-refractivity contribution >= 4 is 29.4 Å². The number of carbonyl (C=O) groups excluding carboxylic acids is 1. The number of anilines is 3. The van der Waals surface area contributed by atoms with Crippen molar-refractivity contribution < 1.29 is 14.3 Å². The second kappa shape index (κ2) is 10.9. The van der Waals surface area contributed by atoms with Crippen molar-refractivity contribution in [2.45, 2.75) is 32.6 Å². The average Bonchev–Trinajstić information content (AvgIpc) is 2.80. The number of hydrogen-bond donors (Lipinski definition) is 4. The minimum absolute atomic E-state index is 0.00730. The number of nitrogens with one attached hydrogen (secondary N) is 4. The number of aromatic nitrogens is 2. The maximum Gasteiger partial charge on any atom is 0.320 e. The lowest BCUT2D eigenvalue weighted by molar-refractivity contribution is -0.135. The summed E-state index contributed by atoms with van der Waals surface area (Å²) in [6.45, 7) is 5.11. The molecule has 0 radical (unpaired) electrons. The van der Waals surface area contributed by atoms with Gasteiger partial charge >= 0.3 is 6.03 Å².